The van der Waals surface area contributed by atoms with Gasteiger partial charge in [0.15, 0.2) is 0 Å². The van der Waals surface area contributed by atoms with Crippen molar-refractivity contribution in [2.75, 3.05) is 26.4 Å². The van der Waals surface area contributed by atoms with Crippen LogP contribution in [0, 0.1) is 5.92 Å². The van der Waals surface area contributed by atoms with Gasteiger partial charge in [0, 0.05) is 10.8 Å². The van der Waals surface area contributed by atoms with Gasteiger partial charge in [0.2, 0.25) is 0 Å². The number of benzene rings is 4. The maximum Gasteiger partial charge on any atom is 0.132 e. The largest absolute Gasteiger partial charge is 0.508 e. The standard InChI is InChI=1S/C38H44O6.C5H10O/c1-36(2,26-7-15-30(39)16-8-26)27-11-19-32(20-12-27)43-25-35(40)38(5,6)44-33-21-13-29(14-22-33)37(3,4)28-9-17-31(18-10-28)41-23-34-24-42-34;1-4(2)5-3-6-5/h7-22,34-35,39-40H,23-25H2,1-6H3;4-5H,3H2,1-2H3. The molecule has 7 heteroatoms. The predicted octanol–water partition coefficient (Wildman–Crippen LogP) is 8.46. The van der Waals surface area contributed by atoms with E-state index in [9.17, 15) is 10.2 Å². The summed E-state index contributed by atoms with van der Waals surface area (Å²) in [7, 11) is 0. The molecule has 0 spiro atoms. The summed E-state index contributed by atoms with van der Waals surface area (Å²) in [5.74, 6) is 3.20. The molecule has 50 heavy (non-hydrogen) atoms. The van der Waals surface area contributed by atoms with Crippen LogP contribution in [0.3, 0.4) is 0 Å². The highest BCUT2D eigenvalue weighted by Gasteiger charge is 2.32. The smallest absolute Gasteiger partial charge is 0.132 e. The van der Waals surface area contributed by atoms with Crippen LogP contribution in [0.25, 0.3) is 0 Å². The van der Waals surface area contributed by atoms with E-state index < -0.39 is 11.7 Å². The molecule has 0 radical (unpaired) electrons. The van der Waals surface area contributed by atoms with Gasteiger partial charge >= 0.3 is 0 Å². The zero-order chi connectivity index (χ0) is 36.1. The maximum absolute atomic E-state index is 11.0. The minimum atomic E-state index is -0.876. The Bertz CT molecular complexity index is 1630. The molecule has 2 saturated heterocycles. The summed E-state index contributed by atoms with van der Waals surface area (Å²) < 4.78 is 28.2. The second-order valence-electron chi connectivity index (χ2n) is 15.3. The summed E-state index contributed by atoms with van der Waals surface area (Å²) in [4.78, 5) is 0. The Hall–Kier alpha value is -4.04. The van der Waals surface area contributed by atoms with E-state index in [4.69, 9.17) is 23.7 Å². The first-order valence-corrected chi connectivity index (χ1v) is 17.6. The minimum Gasteiger partial charge on any atom is -0.508 e. The molecule has 6 rings (SSSR count). The molecule has 4 aromatic rings. The van der Waals surface area contributed by atoms with Gasteiger partial charge in [-0.25, -0.2) is 0 Å². The lowest BCUT2D eigenvalue weighted by atomic mass is 9.78. The highest BCUT2D eigenvalue weighted by atomic mass is 16.6. The summed E-state index contributed by atoms with van der Waals surface area (Å²) in [5, 5.41) is 20.6. The van der Waals surface area contributed by atoms with Crippen molar-refractivity contribution in [2.45, 2.75) is 90.1 Å². The number of rotatable bonds is 14. The Balaban J connectivity index is 0.000000732. The van der Waals surface area contributed by atoms with E-state index >= 15 is 0 Å². The van der Waals surface area contributed by atoms with E-state index in [1.54, 1.807) is 12.1 Å². The van der Waals surface area contributed by atoms with Crippen molar-refractivity contribution in [3.63, 3.8) is 0 Å². The third-order valence-corrected chi connectivity index (χ3v) is 9.85. The first kappa shape index (κ1) is 37.2. The van der Waals surface area contributed by atoms with Crippen LogP contribution in [0.1, 0.15) is 77.6 Å². The Kier molecular flexibility index (Phi) is 11.5. The summed E-state index contributed by atoms with van der Waals surface area (Å²) in [6.07, 6.45) is -0.0244. The fourth-order valence-electron chi connectivity index (χ4n) is 5.63. The monoisotopic (exact) mass is 682 g/mol. The predicted molar refractivity (Wildman–Crippen MR) is 198 cm³/mol. The number of aliphatic hydroxyl groups is 1. The van der Waals surface area contributed by atoms with Crippen molar-refractivity contribution < 1.29 is 33.9 Å². The topological polar surface area (TPSA) is 93.2 Å². The van der Waals surface area contributed by atoms with Crippen LogP contribution in [0.15, 0.2) is 97.1 Å². The number of phenols is 1. The molecule has 0 aliphatic carbocycles. The van der Waals surface area contributed by atoms with Gasteiger partial charge in [0.25, 0.3) is 0 Å². The fraction of sp³-hybridized carbons (Fsp3) is 0.442. The molecule has 2 heterocycles. The van der Waals surface area contributed by atoms with Gasteiger partial charge in [-0.15, -0.1) is 0 Å². The van der Waals surface area contributed by atoms with Crippen LogP contribution >= 0.6 is 0 Å². The average molecular weight is 683 g/mol. The van der Waals surface area contributed by atoms with Crippen molar-refractivity contribution in [1.82, 2.24) is 0 Å². The Morgan fingerprint density at radius 2 is 1.02 bits per heavy atom. The number of aromatic hydroxyl groups is 1. The number of phenolic OH excluding ortho intramolecular Hbond substituents is 1. The molecule has 268 valence electrons. The number of epoxide rings is 2. The highest BCUT2D eigenvalue weighted by molar-refractivity contribution is 5.43. The van der Waals surface area contributed by atoms with Crippen molar-refractivity contribution in [3.8, 4) is 23.0 Å². The quantitative estimate of drug-likeness (QED) is 0.129. The van der Waals surface area contributed by atoms with Gasteiger partial charge < -0.3 is 33.9 Å². The van der Waals surface area contributed by atoms with E-state index in [2.05, 4.69) is 65.8 Å². The molecule has 4 aromatic carbocycles. The molecule has 0 bridgehead atoms. The van der Waals surface area contributed by atoms with E-state index in [0.717, 1.165) is 41.6 Å². The van der Waals surface area contributed by atoms with Gasteiger partial charge in [-0.1, -0.05) is 90.1 Å². The van der Waals surface area contributed by atoms with Crippen molar-refractivity contribution in [3.05, 3.63) is 119 Å². The minimum absolute atomic E-state index is 0.0895. The van der Waals surface area contributed by atoms with Gasteiger partial charge in [-0.2, -0.15) is 0 Å². The molecule has 3 unspecified atom stereocenters. The van der Waals surface area contributed by atoms with Crippen LogP contribution < -0.4 is 14.2 Å². The third-order valence-electron chi connectivity index (χ3n) is 9.85. The first-order valence-electron chi connectivity index (χ1n) is 17.6. The average Bonchev–Trinajstić information content (AvgIpc) is 4.02. The van der Waals surface area contributed by atoms with E-state index in [-0.39, 0.29) is 29.3 Å². The normalized spacial score (nSPS) is 17.7. The van der Waals surface area contributed by atoms with Gasteiger partial charge in [-0.05, 0) is 90.6 Å². The van der Waals surface area contributed by atoms with Crippen LogP contribution in [0.5, 0.6) is 23.0 Å². The van der Waals surface area contributed by atoms with E-state index in [1.807, 2.05) is 74.5 Å². The lowest BCUT2D eigenvalue weighted by molar-refractivity contribution is -0.0492. The third kappa shape index (κ3) is 9.81. The number of hydrogen-bond donors (Lipinski definition) is 2. The van der Waals surface area contributed by atoms with Gasteiger partial charge in [0.05, 0.1) is 19.3 Å². The lowest BCUT2D eigenvalue weighted by Gasteiger charge is -2.32. The van der Waals surface area contributed by atoms with Crippen molar-refractivity contribution in [1.29, 1.82) is 0 Å². The van der Waals surface area contributed by atoms with Gasteiger partial charge in [0.1, 0.15) is 54.0 Å². The molecule has 0 aromatic heterocycles. The number of hydrogen-bond acceptors (Lipinski definition) is 7. The summed E-state index contributed by atoms with van der Waals surface area (Å²) >= 11 is 0. The summed E-state index contributed by atoms with van der Waals surface area (Å²) in [6.45, 7) is 19.2. The maximum atomic E-state index is 11.0. The van der Waals surface area contributed by atoms with E-state index in [1.165, 1.54) is 5.56 Å². The van der Waals surface area contributed by atoms with Gasteiger partial charge in [-0.3, -0.25) is 0 Å². The van der Waals surface area contributed by atoms with Crippen molar-refractivity contribution in [2.24, 2.45) is 5.92 Å². The molecule has 0 saturated carbocycles. The van der Waals surface area contributed by atoms with Crippen LogP contribution in [-0.2, 0) is 20.3 Å². The zero-order valence-electron chi connectivity index (χ0n) is 30.8. The Labute approximate surface area is 298 Å². The molecule has 2 aliphatic heterocycles. The van der Waals surface area contributed by atoms with Crippen LogP contribution in [-0.4, -0.2) is 60.6 Å². The van der Waals surface area contributed by atoms with Crippen LogP contribution in [0.4, 0.5) is 0 Å². The highest BCUT2D eigenvalue weighted by Crippen LogP contribution is 2.35. The second kappa shape index (κ2) is 15.5. The SMILES string of the molecule is CC(C)(c1ccc(O)cc1)c1ccc(OCC(O)C(C)(C)Oc2ccc(C(C)(C)c3ccc(OCC4CO4)cc3)cc2)cc1.CC(C)C1CO1. The Morgan fingerprint density at radius 3 is 1.40 bits per heavy atom. The lowest BCUT2D eigenvalue weighted by Crippen LogP contribution is -2.45. The molecular formula is C43H54O7. The first-order chi connectivity index (χ1) is 23.6. The van der Waals surface area contributed by atoms with Crippen LogP contribution in [0.2, 0.25) is 0 Å². The molecule has 2 aliphatic rings. The molecule has 2 N–H and O–H groups in total. The zero-order valence-corrected chi connectivity index (χ0v) is 30.8. The molecule has 2 fully saturated rings. The van der Waals surface area contributed by atoms with Crippen molar-refractivity contribution >= 4 is 0 Å². The molecular weight excluding hydrogens is 628 g/mol. The Morgan fingerprint density at radius 1 is 0.620 bits per heavy atom. The molecule has 0 amide bonds. The second-order valence-corrected chi connectivity index (χ2v) is 15.3. The molecule has 3 atom stereocenters. The molecule has 7 nitrogen and oxygen atoms in total. The van der Waals surface area contributed by atoms with E-state index in [0.29, 0.717) is 24.2 Å². The summed E-state index contributed by atoms with van der Waals surface area (Å²) in [5.41, 5.74) is 3.24. The number of aliphatic hydroxyl groups excluding tert-OH is 1. The fourth-order valence-corrected chi connectivity index (χ4v) is 5.63. The number of ether oxygens (including phenoxy) is 5. The summed E-state index contributed by atoms with van der Waals surface area (Å²) in [6, 6.07) is 31.5.